The number of hydrogen-bond acceptors (Lipinski definition) is 2. The average molecular weight is 268 g/mol. The molecule has 0 unspecified atom stereocenters. The molecule has 1 amide bonds. The summed E-state index contributed by atoms with van der Waals surface area (Å²) in [5.41, 5.74) is 1.27. The Hall–Kier alpha value is -2.36. The lowest BCUT2D eigenvalue weighted by Crippen LogP contribution is -2.42. The smallest absolute Gasteiger partial charge is 0.320 e. The number of amides is 1. The lowest BCUT2D eigenvalue weighted by Gasteiger charge is -2.21. The molecule has 0 radical (unpaired) electrons. The van der Waals surface area contributed by atoms with Gasteiger partial charge in [0.2, 0.25) is 0 Å². The molecule has 1 aliphatic carbocycles. The molecule has 102 valence electrons. The summed E-state index contributed by atoms with van der Waals surface area (Å²) in [6.07, 6.45) is 3.40. The predicted octanol–water partition coefficient (Wildman–Crippen LogP) is 2.12. The van der Waals surface area contributed by atoms with Gasteiger partial charge in [0, 0.05) is 24.7 Å². The number of carbonyl (C=O) groups excluding carboxylic acids is 1. The third-order valence-electron chi connectivity index (χ3n) is 3.49. The second kappa shape index (κ2) is 5.33. The Balaban J connectivity index is 1.84. The molecule has 1 aromatic carbocycles. The molecule has 1 saturated carbocycles. The minimum Gasteiger partial charge on any atom is -0.618 e. The van der Waals surface area contributed by atoms with Crippen LogP contribution < -0.4 is 4.73 Å². The lowest BCUT2D eigenvalue weighted by atomic mass is 10.2. The summed E-state index contributed by atoms with van der Waals surface area (Å²) in [7, 11) is 0. The molecule has 4 nitrogen and oxygen atoms in total. The second-order valence-electron chi connectivity index (χ2n) is 5.06. The van der Waals surface area contributed by atoms with Crippen LogP contribution >= 0.6 is 0 Å². The average Bonchev–Trinajstić information content (AvgIpc) is 3.30. The van der Waals surface area contributed by atoms with Gasteiger partial charge in [-0.15, -0.1) is 0 Å². The fourth-order valence-electron chi connectivity index (χ4n) is 2.27. The van der Waals surface area contributed by atoms with Crippen LogP contribution in [0.2, 0.25) is 0 Å². The maximum Gasteiger partial charge on any atom is 0.320 e. The van der Waals surface area contributed by atoms with Crippen LogP contribution in [0.1, 0.15) is 28.9 Å². The fourth-order valence-corrected chi connectivity index (χ4v) is 2.27. The Morgan fingerprint density at radius 1 is 1.15 bits per heavy atom. The number of aromatic nitrogens is 1. The van der Waals surface area contributed by atoms with Gasteiger partial charge in [-0.05, 0) is 24.5 Å². The summed E-state index contributed by atoms with van der Waals surface area (Å²) >= 11 is 0. The van der Waals surface area contributed by atoms with Crippen LogP contribution in [-0.4, -0.2) is 16.8 Å². The SMILES string of the molecule is O=C(c1cccc[n+]1[O-])N(Cc1ccccc1)C1CC1. The zero-order chi connectivity index (χ0) is 13.9. The van der Waals surface area contributed by atoms with Gasteiger partial charge in [-0.2, -0.15) is 4.73 Å². The molecule has 4 heteroatoms. The van der Waals surface area contributed by atoms with Gasteiger partial charge in [0.1, 0.15) is 0 Å². The Kier molecular flexibility index (Phi) is 3.37. The van der Waals surface area contributed by atoms with Crippen molar-refractivity contribution in [3.8, 4) is 0 Å². The van der Waals surface area contributed by atoms with Crippen molar-refractivity contribution >= 4 is 5.91 Å². The number of nitrogens with zero attached hydrogens (tertiary/aromatic N) is 2. The highest BCUT2D eigenvalue weighted by atomic mass is 16.5. The molecule has 3 rings (SSSR count). The van der Waals surface area contributed by atoms with Crippen LogP contribution in [-0.2, 0) is 6.54 Å². The van der Waals surface area contributed by atoms with Crippen LogP contribution in [0.3, 0.4) is 0 Å². The summed E-state index contributed by atoms with van der Waals surface area (Å²) in [5.74, 6) is -0.188. The number of hydrogen-bond donors (Lipinski definition) is 0. The van der Waals surface area contributed by atoms with Gasteiger partial charge in [-0.1, -0.05) is 30.3 Å². The second-order valence-corrected chi connectivity index (χ2v) is 5.06. The Labute approximate surface area is 117 Å². The highest BCUT2D eigenvalue weighted by Crippen LogP contribution is 2.29. The molecule has 2 aromatic rings. The van der Waals surface area contributed by atoms with Crippen LogP contribution in [0.5, 0.6) is 0 Å². The minimum absolute atomic E-state index is 0.188. The number of carbonyl (C=O) groups is 1. The molecular weight excluding hydrogens is 252 g/mol. The number of benzene rings is 1. The van der Waals surface area contributed by atoms with Gasteiger partial charge >= 0.3 is 5.91 Å². The van der Waals surface area contributed by atoms with Crippen LogP contribution in [0.15, 0.2) is 54.7 Å². The minimum atomic E-state index is -0.188. The maximum atomic E-state index is 12.6. The predicted molar refractivity (Wildman–Crippen MR) is 74.7 cm³/mol. The van der Waals surface area contributed by atoms with Gasteiger partial charge in [0.05, 0.1) is 0 Å². The van der Waals surface area contributed by atoms with E-state index in [0.29, 0.717) is 11.3 Å². The van der Waals surface area contributed by atoms with Crippen molar-refractivity contribution in [1.29, 1.82) is 0 Å². The number of rotatable bonds is 4. The molecule has 0 N–H and O–H groups in total. The summed E-state index contributed by atoms with van der Waals surface area (Å²) in [5, 5.41) is 11.7. The molecule has 0 aliphatic heterocycles. The molecule has 20 heavy (non-hydrogen) atoms. The van der Waals surface area contributed by atoms with Crippen molar-refractivity contribution in [3.63, 3.8) is 0 Å². The Morgan fingerprint density at radius 2 is 1.85 bits per heavy atom. The van der Waals surface area contributed by atoms with Gasteiger partial charge in [0.15, 0.2) is 6.20 Å². The fraction of sp³-hybridized carbons (Fsp3) is 0.250. The zero-order valence-electron chi connectivity index (χ0n) is 11.1. The summed E-state index contributed by atoms with van der Waals surface area (Å²) in [6.45, 7) is 0.555. The summed E-state index contributed by atoms with van der Waals surface area (Å²) < 4.78 is 0.642. The van der Waals surface area contributed by atoms with E-state index in [1.165, 1.54) is 6.20 Å². The van der Waals surface area contributed by atoms with E-state index in [9.17, 15) is 10.0 Å². The van der Waals surface area contributed by atoms with Crippen LogP contribution in [0, 0.1) is 5.21 Å². The highest BCUT2D eigenvalue weighted by Gasteiger charge is 2.35. The van der Waals surface area contributed by atoms with Crippen molar-refractivity contribution in [3.05, 3.63) is 71.2 Å². The van der Waals surface area contributed by atoms with Gasteiger partial charge in [0.25, 0.3) is 5.69 Å². The van der Waals surface area contributed by atoms with Gasteiger partial charge in [-0.25, -0.2) is 0 Å². The van der Waals surface area contributed by atoms with E-state index in [1.54, 1.807) is 23.1 Å². The number of pyridine rings is 1. The Morgan fingerprint density at radius 3 is 2.50 bits per heavy atom. The van der Waals surface area contributed by atoms with E-state index in [4.69, 9.17) is 0 Å². The first-order chi connectivity index (χ1) is 9.75. The molecule has 1 aromatic heterocycles. The molecular formula is C16H16N2O2. The molecule has 0 saturated heterocycles. The standard InChI is InChI=1S/C16H16N2O2/c19-16(15-8-4-5-11-18(15)20)17(14-9-10-14)12-13-6-2-1-3-7-13/h1-8,11,14H,9-10,12H2. The third kappa shape index (κ3) is 2.64. The molecule has 0 bridgehead atoms. The molecule has 0 spiro atoms. The first-order valence-corrected chi connectivity index (χ1v) is 6.79. The van der Waals surface area contributed by atoms with E-state index < -0.39 is 0 Å². The van der Waals surface area contributed by atoms with Gasteiger partial charge < -0.3 is 10.1 Å². The maximum absolute atomic E-state index is 12.6. The molecule has 0 atom stereocenters. The van der Waals surface area contributed by atoms with E-state index in [2.05, 4.69) is 0 Å². The van der Waals surface area contributed by atoms with Crippen molar-refractivity contribution in [2.24, 2.45) is 0 Å². The third-order valence-corrected chi connectivity index (χ3v) is 3.49. The van der Waals surface area contributed by atoms with E-state index in [1.807, 2.05) is 30.3 Å². The highest BCUT2D eigenvalue weighted by molar-refractivity contribution is 5.91. The zero-order valence-corrected chi connectivity index (χ0v) is 11.1. The monoisotopic (exact) mass is 268 g/mol. The lowest BCUT2D eigenvalue weighted by molar-refractivity contribution is -0.608. The van der Waals surface area contributed by atoms with E-state index >= 15 is 0 Å². The largest absolute Gasteiger partial charge is 0.618 e. The summed E-state index contributed by atoms with van der Waals surface area (Å²) in [4.78, 5) is 14.4. The molecule has 1 aliphatic rings. The van der Waals surface area contributed by atoms with E-state index in [-0.39, 0.29) is 17.6 Å². The van der Waals surface area contributed by atoms with Gasteiger partial charge in [-0.3, -0.25) is 4.79 Å². The normalized spacial score (nSPS) is 14.0. The van der Waals surface area contributed by atoms with Crippen molar-refractivity contribution in [1.82, 2.24) is 4.90 Å². The topological polar surface area (TPSA) is 47.2 Å². The van der Waals surface area contributed by atoms with Crippen molar-refractivity contribution in [2.75, 3.05) is 0 Å². The van der Waals surface area contributed by atoms with E-state index in [0.717, 1.165) is 18.4 Å². The quantitative estimate of drug-likeness (QED) is 0.630. The Bertz CT molecular complexity index is 609. The van der Waals surface area contributed by atoms with Crippen LogP contribution in [0.25, 0.3) is 0 Å². The van der Waals surface area contributed by atoms with Crippen LogP contribution in [0.4, 0.5) is 0 Å². The summed E-state index contributed by atoms with van der Waals surface area (Å²) in [6, 6.07) is 15.1. The molecule has 1 fully saturated rings. The van der Waals surface area contributed by atoms with Crippen molar-refractivity contribution in [2.45, 2.75) is 25.4 Å². The molecule has 1 heterocycles. The first-order valence-electron chi connectivity index (χ1n) is 6.79. The first kappa shape index (κ1) is 12.7. The van der Waals surface area contributed by atoms with Crippen molar-refractivity contribution < 1.29 is 9.52 Å².